The second kappa shape index (κ2) is 6.72. The molecule has 0 amide bonds. The molecule has 1 saturated heterocycles. The highest BCUT2D eigenvalue weighted by atomic mass is 16.1. The van der Waals surface area contributed by atoms with Gasteiger partial charge in [0.25, 0.3) is 0 Å². The molecule has 1 fully saturated rings. The summed E-state index contributed by atoms with van der Waals surface area (Å²) in [6.07, 6.45) is 0. The SMILES string of the molecule is CC1(N2CCN(Cc3ccccc3)CC2)Cn2c(c3ccccc3nc2=O)N1. The highest BCUT2D eigenvalue weighted by Crippen LogP contribution is 2.33. The largest absolute Gasteiger partial charge is 0.351 e. The predicted octanol–water partition coefficient (Wildman–Crippen LogP) is 2.36. The Bertz CT molecular complexity index is 1060. The van der Waals surface area contributed by atoms with Crippen molar-refractivity contribution in [3.05, 3.63) is 70.6 Å². The van der Waals surface area contributed by atoms with Gasteiger partial charge in [-0.1, -0.05) is 42.5 Å². The topological polar surface area (TPSA) is 53.4 Å². The third-order valence-corrected chi connectivity index (χ3v) is 6.05. The molecule has 1 atom stereocenters. The van der Waals surface area contributed by atoms with E-state index in [4.69, 9.17) is 0 Å². The molecule has 1 N–H and O–H groups in total. The first-order valence-corrected chi connectivity index (χ1v) is 9.91. The van der Waals surface area contributed by atoms with E-state index in [9.17, 15) is 4.79 Å². The summed E-state index contributed by atoms with van der Waals surface area (Å²) >= 11 is 0. The van der Waals surface area contributed by atoms with Crippen LogP contribution in [-0.2, 0) is 13.1 Å². The van der Waals surface area contributed by atoms with Crippen LogP contribution in [0.3, 0.4) is 0 Å². The van der Waals surface area contributed by atoms with Crippen LogP contribution in [0.4, 0.5) is 5.82 Å². The van der Waals surface area contributed by atoms with Gasteiger partial charge in [0.15, 0.2) is 0 Å². The third-order valence-electron chi connectivity index (χ3n) is 6.05. The number of fused-ring (bicyclic) bond motifs is 3. The van der Waals surface area contributed by atoms with Crippen molar-refractivity contribution >= 4 is 16.7 Å². The van der Waals surface area contributed by atoms with E-state index in [1.54, 1.807) is 4.57 Å². The number of hydrogen-bond acceptors (Lipinski definition) is 5. The summed E-state index contributed by atoms with van der Waals surface area (Å²) in [5, 5.41) is 4.67. The predicted molar refractivity (Wildman–Crippen MR) is 111 cm³/mol. The van der Waals surface area contributed by atoms with Crippen LogP contribution < -0.4 is 11.0 Å². The number of benzene rings is 2. The molecule has 144 valence electrons. The van der Waals surface area contributed by atoms with Gasteiger partial charge in [0.05, 0.1) is 12.1 Å². The van der Waals surface area contributed by atoms with Gasteiger partial charge in [0.1, 0.15) is 11.5 Å². The molecule has 28 heavy (non-hydrogen) atoms. The lowest BCUT2D eigenvalue weighted by Crippen LogP contribution is -2.59. The average Bonchev–Trinajstić information content (AvgIpc) is 3.09. The molecular formula is C22H25N5O. The lowest BCUT2D eigenvalue weighted by atomic mass is 10.1. The number of anilines is 1. The van der Waals surface area contributed by atoms with E-state index in [0.717, 1.165) is 49.4 Å². The first-order chi connectivity index (χ1) is 13.6. The van der Waals surface area contributed by atoms with Crippen molar-refractivity contribution in [3.8, 4) is 0 Å². The van der Waals surface area contributed by atoms with Crippen molar-refractivity contribution in [2.45, 2.75) is 25.7 Å². The average molecular weight is 375 g/mol. The van der Waals surface area contributed by atoms with Crippen LogP contribution in [0.1, 0.15) is 12.5 Å². The Kier molecular flexibility index (Phi) is 4.18. The molecule has 5 rings (SSSR count). The quantitative estimate of drug-likeness (QED) is 0.762. The summed E-state index contributed by atoms with van der Waals surface area (Å²) in [6, 6.07) is 18.5. The molecule has 2 aliphatic rings. The van der Waals surface area contributed by atoms with Gasteiger partial charge in [-0.15, -0.1) is 0 Å². The van der Waals surface area contributed by atoms with Crippen LogP contribution in [0, 0.1) is 0 Å². The first kappa shape index (κ1) is 17.4. The molecule has 2 aromatic carbocycles. The molecule has 6 heteroatoms. The van der Waals surface area contributed by atoms with Crippen molar-refractivity contribution in [1.82, 2.24) is 19.4 Å². The maximum absolute atomic E-state index is 12.5. The number of nitrogens with one attached hydrogen (secondary N) is 1. The highest BCUT2D eigenvalue weighted by Gasteiger charge is 2.40. The zero-order chi connectivity index (χ0) is 19.1. The summed E-state index contributed by atoms with van der Waals surface area (Å²) < 4.78 is 1.79. The fraction of sp³-hybridized carbons (Fsp3) is 0.364. The lowest BCUT2D eigenvalue weighted by Gasteiger charge is -2.43. The monoisotopic (exact) mass is 375 g/mol. The van der Waals surface area contributed by atoms with E-state index in [1.807, 2.05) is 24.3 Å². The molecular weight excluding hydrogens is 350 g/mol. The van der Waals surface area contributed by atoms with Crippen LogP contribution in [0.5, 0.6) is 0 Å². The van der Waals surface area contributed by atoms with E-state index in [2.05, 4.69) is 57.4 Å². The van der Waals surface area contributed by atoms with Gasteiger partial charge in [-0.3, -0.25) is 14.4 Å². The summed E-state index contributed by atoms with van der Waals surface area (Å²) in [5.41, 5.74) is 1.67. The molecule has 6 nitrogen and oxygen atoms in total. The van der Waals surface area contributed by atoms with Crippen LogP contribution in [0.2, 0.25) is 0 Å². The van der Waals surface area contributed by atoms with Gasteiger partial charge >= 0.3 is 5.69 Å². The minimum absolute atomic E-state index is 0.173. The van der Waals surface area contributed by atoms with Crippen molar-refractivity contribution in [2.24, 2.45) is 0 Å². The fourth-order valence-electron chi connectivity index (χ4n) is 4.48. The Hall–Kier alpha value is -2.70. The molecule has 0 radical (unpaired) electrons. The van der Waals surface area contributed by atoms with Gasteiger partial charge in [0.2, 0.25) is 0 Å². The Morgan fingerprint density at radius 1 is 1.00 bits per heavy atom. The molecule has 0 bridgehead atoms. The normalized spacial score (nSPS) is 22.9. The van der Waals surface area contributed by atoms with Crippen molar-refractivity contribution < 1.29 is 0 Å². The molecule has 0 saturated carbocycles. The second-order valence-corrected chi connectivity index (χ2v) is 7.99. The molecule has 3 heterocycles. The van der Waals surface area contributed by atoms with E-state index in [-0.39, 0.29) is 11.4 Å². The van der Waals surface area contributed by atoms with Gasteiger partial charge in [-0.2, -0.15) is 4.98 Å². The number of nitrogens with zero attached hydrogens (tertiary/aromatic N) is 4. The summed E-state index contributed by atoms with van der Waals surface area (Å²) in [4.78, 5) is 21.8. The minimum Gasteiger partial charge on any atom is -0.351 e. The van der Waals surface area contributed by atoms with Crippen molar-refractivity contribution in [2.75, 3.05) is 31.5 Å². The zero-order valence-corrected chi connectivity index (χ0v) is 16.1. The Labute approximate surface area is 164 Å². The lowest BCUT2D eigenvalue weighted by molar-refractivity contribution is 0.0516. The van der Waals surface area contributed by atoms with Crippen LogP contribution >= 0.6 is 0 Å². The van der Waals surface area contributed by atoms with E-state index >= 15 is 0 Å². The Morgan fingerprint density at radius 2 is 1.71 bits per heavy atom. The number of hydrogen-bond donors (Lipinski definition) is 1. The van der Waals surface area contributed by atoms with Gasteiger partial charge < -0.3 is 5.32 Å². The first-order valence-electron chi connectivity index (χ1n) is 9.91. The molecule has 0 aliphatic carbocycles. The van der Waals surface area contributed by atoms with Gasteiger partial charge in [-0.25, -0.2) is 4.79 Å². The van der Waals surface area contributed by atoms with E-state index < -0.39 is 0 Å². The summed E-state index contributed by atoms with van der Waals surface area (Å²) in [7, 11) is 0. The number of para-hydroxylation sites is 1. The van der Waals surface area contributed by atoms with Crippen molar-refractivity contribution in [3.63, 3.8) is 0 Å². The number of aromatic nitrogens is 2. The number of rotatable bonds is 3. The van der Waals surface area contributed by atoms with Crippen LogP contribution in [0.15, 0.2) is 59.4 Å². The maximum atomic E-state index is 12.5. The Balaban J connectivity index is 1.33. The van der Waals surface area contributed by atoms with Crippen molar-refractivity contribution in [1.29, 1.82) is 0 Å². The smallest absolute Gasteiger partial charge is 0.349 e. The second-order valence-electron chi connectivity index (χ2n) is 7.99. The molecule has 3 aromatic rings. The molecule has 2 aliphatic heterocycles. The molecule has 1 aromatic heterocycles. The van der Waals surface area contributed by atoms with Crippen LogP contribution in [-0.4, -0.2) is 51.2 Å². The summed E-state index contributed by atoms with van der Waals surface area (Å²) in [5.74, 6) is 0.893. The van der Waals surface area contributed by atoms with Gasteiger partial charge in [0, 0.05) is 38.1 Å². The fourth-order valence-corrected chi connectivity index (χ4v) is 4.48. The number of piperazine rings is 1. The van der Waals surface area contributed by atoms with Crippen LogP contribution in [0.25, 0.3) is 10.9 Å². The van der Waals surface area contributed by atoms with Gasteiger partial charge in [-0.05, 0) is 24.6 Å². The standard InChI is InChI=1S/C22H25N5O/c1-22(26-13-11-25(12-14-26)15-17-7-3-2-4-8-17)16-27-20(24-22)18-9-5-6-10-19(18)23-21(27)28/h2-10,24H,11-16H2,1H3. The maximum Gasteiger partial charge on any atom is 0.349 e. The third kappa shape index (κ3) is 2.99. The molecule has 0 spiro atoms. The Morgan fingerprint density at radius 3 is 2.50 bits per heavy atom. The summed E-state index contributed by atoms with van der Waals surface area (Å²) in [6.45, 7) is 7.81. The zero-order valence-electron chi connectivity index (χ0n) is 16.1. The van der Waals surface area contributed by atoms with E-state index in [1.165, 1.54) is 5.56 Å². The minimum atomic E-state index is -0.267. The van der Waals surface area contributed by atoms with E-state index in [0.29, 0.717) is 6.54 Å². The molecule has 1 unspecified atom stereocenters. The highest BCUT2D eigenvalue weighted by molar-refractivity contribution is 5.89.